The fourth-order valence-electron chi connectivity index (χ4n) is 9.00. The van der Waals surface area contributed by atoms with Gasteiger partial charge in [0.15, 0.2) is 6.10 Å². The molecule has 0 aliphatic rings. The molecule has 0 N–H and O–H groups in total. The molecule has 0 amide bonds. The van der Waals surface area contributed by atoms with Crippen molar-refractivity contribution in [1.29, 1.82) is 0 Å². The largest absolute Gasteiger partial charge is 0.462 e. The summed E-state index contributed by atoms with van der Waals surface area (Å²) in [4.78, 5) is 38.2. The first-order chi connectivity index (χ1) is 34.0. The van der Waals surface area contributed by atoms with Gasteiger partial charge in [-0.2, -0.15) is 0 Å². The number of carbonyl (C=O) groups excluding carboxylic acids is 3. The maximum atomic E-state index is 12.9. The van der Waals surface area contributed by atoms with Gasteiger partial charge in [-0.3, -0.25) is 14.4 Å². The SMILES string of the molecule is CCCCCC/C=C\C/C=C\CCCCCCCC(=O)OC(COC(=O)CCCCCCCCCCC/C=C\CCCCCCCC)COC(=O)CCCCCCCCCCCCCCCCCC. The first-order valence-corrected chi connectivity index (χ1v) is 30.5. The molecule has 0 fully saturated rings. The second kappa shape index (κ2) is 58.2. The zero-order valence-corrected chi connectivity index (χ0v) is 46.3. The van der Waals surface area contributed by atoms with E-state index in [1.807, 2.05) is 0 Å². The van der Waals surface area contributed by atoms with E-state index in [2.05, 4.69) is 57.2 Å². The van der Waals surface area contributed by atoms with Crippen LogP contribution in [0.15, 0.2) is 36.5 Å². The van der Waals surface area contributed by atoms with Crippen LogP contribution in [0.2, 0.25) is 0 Å². The van der Waals surface area contributed by atoms with Crippen LogP contribution in [-0.2, 0) is 28.6 Å². The van der Waals surface area contributed by atoms with Gasteiger partial charge >= 0.3 is 17.9 Å². The second-order valence-corrected chi connectivity index (χ2v) is 20.6. The number of hydrogen-bond acceptors (Lipinski definition) is 6. The molecule has 0 heterocycles. The lowest BCUT2D eigenvalue weighted by Crippen LogP contribution is -2.30. The summed E-state index contributed by atoms with van der Waals surface area (Å²) in [7, 11) is 0. The highest BCUT2D eigenvalue weighted by Gasteiger charge is 2.19. The maximum absolute atomic E-state index is 12.9. The smallest absolute Gasteiger partial charge is 0.306 e. The predicted octanol–water partition coefficient (Wildman–Crippen LogP) is 20.4. The number of carbonyl (C=O) groups is 3. The van der Waals surface area contributed by atoms with Gasteiger partial charge in [-0.1, -0.05) is 269 Å². The summed E-state index contributed by atoms with van der Waals surface area (Å²) in [5, 5.41) is 0. The molecule has 0 radical (unpaired) electrons. The van der Waals surface area contributed by atoms with Crippen molar-refractivity contribution in [2.75, 3.05) is 13.2 Å². The van der Waals surface area contributed by atoms with Crippen LogP contribution in [0.3, 0.4) is 0 Å². The Morgan fingerprint density at radius 1 is 0.290 bits per heavy atom. The molecule has 0 bridgehead atoms. The molecule has 6 heteroatoms. The van der Waals surface area contributed by atoms with Crippen molar-refractivity contribution in [3.05, 3.63) is 36.5 Å². The summed E-state index contributed by atoms with van der Waals surface area (Å²) in [5.41, 5.74) is 0. The molecular formula is C63H116O6. The molecular weight excluding hydrogens is 853 g/mol. The van der Waals surface area contributed by atoms with Crippen molar-refractivity contribution in [2.45, 2.75) is 335 Å². The Labute approximate surface area is 429 Å². The molecule has 0 aliphatic heterocycles. The Kier molecular flexibility index (Phi) is 56.2. The topological polar surface area (TPSA) is 78.9 Å². The fourth-order valence-corrected chi connectivity index (χ4v) is 9.00. The third-order valence-electron chi connectivity index (χ3n) is 13.6. The number of hydrogen-bond donors (Lipinski definition) is 0. The summed E-state index contributed by atoms with van der Waals surface area (Å²) >= 11 is 0. The van der Waals surface area contributed by atoms with Crippen LogP contribution in [-0.4, -0.2) is 37.2 Å². The molecule has 404 valence electrons. The molecule has 0 rings (SSSR count). The molecule has 0 aromatic rings. The van der Waals surface area contributed by atoms with E-state index in [-0.39, 0.29) is 31.1 Å². The molecule has 1 atom stereocenters. The van der Waals surface area contributed by atoms with E-state index in [9.17, 15) is 14.4 Å². The minimum Gasteiger partial charge on any atom is -0.462 e. The van der Waals surface area contributed by atoms with Gasteiger partial charge in [0.05, 0.1) is 0 Å². The lowest BCUT2D eigenvalue weighted by Gasteiger charge is -2.18. The Balaban J connectivity index is 4.35. The van der Waals surface area contributed by atoms with Crippen LogP contribution in [0, 0.1) is 0 Å². The predicted molar refractivity (Wildman–Crippen MR) is 298 cm³/mol. The molecule has 0 aromatic carbocycles. The highest BCUT2D eigenvalue weighted by molar-refractivity contribution is 5.71. The van der Waals surface area contributed by atoms with Crippen LogP contribution in [0.25, 0.3) is 0 Å². The van der Waals surface area contributed by atoms with E-state index >= 15 is 0 Å². The van der Waals surface area contributed by atoms with Gasteiger partial charge in [0.1, 0.15) is 13.2 Å². The Morgan fingerprint density at radius 3 is 0.826 bits per heavy atom. The van der Waals surface area contributed by atoms with Crippen molar-refractivity contribution in [3.8, 4) is 0 Å². The van der Waals surface area contributed by atoms with Crippen molar-refractivity contribution in [3.63, 3.8) is 0 Å². The monoisotopic (exact) mass is 969 g/mol. The average Bonchev–Trinajstić information content (AvgIpc) is 3.35. The zero-order chi connectivity index (χ0) is 50.0. The number of allylic oxidation sites excluding steroid dienone is 6. The van der Waals surface area contributed by atoms with Crippen LogP contribution in [0.4, 0.5) is 0 Å². The molecule has 0 saturated heterocycles. The third kappa shape index (κ3) is 56.4. The van der Waals surface area contributed by atoms with Crippen LogP contribution >= 0.6 is 0 Å². The molecule has 6 nitrogen and oxygen atoms in total. The van der Waals surface area contributed by atoms with Gasteiger partial charge in [-0.05, 0) is 77.0 Å². The van der Waals surface area contributed by atoms with Crippen molar-refractivity contribution < 1.29 is 28.6 Å². The molecule has 1 unspecified atom stereocenters. The lowest BCUT2D eigenvalue weighted by atomic mass is 10.0. The van der Waals surface area contributed by atoms with E-state index in [1.165, 1.54) is 205 Å². The van der Waals surface area contributed by atoms with Crippen molar-refractivity contribution in [2.24, 2.45) is 0 Å². The first kappa shape index (κ1) is 66.6. The molecule has 69 heavy (non-hydrogen) atoms. The van der Waals surface area contributed by atoms with Gasteiger partial charge in [-0.25, -0.2) is 0 Å². The highest BCUT2D eigenvalue weighted by atomic mass is 16.6. The second-order valence-electron chi connectivity index (χ2n) is 20.6. The average molecular weight is 970 g/mol. The van der Waals surface area contributed by atoms with E-state index in [0.717, 1.165) is 83.5 Å². The molecule has 0 aliphatic carbocycles. The number of rotatable bonds is 56. The van der Waals surface area contributed by atoms with Gasteiger partial charge in [-0.15, -0.1) is 0 Å². The number of esters is 3. The van der Waals surface area contributed by atoms with E-state index in [0.29, 0.717) is 19.3 Å². The van der Waals surface area contributed by atoms with Crippen LogP contribution < -0.4 is 0 Å². The number of ether oxygens (including phenoxy) is 3. The molecule has 0 saturated carbocycles. The highest BCUT2D eigenvalue weighted by Crippen LogP contribution is 2.17. The number of unbranched alkanes of at least 4 members (excludes halogenated alkanes) is 39. The summed E-state index contributed by atoms with van der Waals surface area (Å²) in [6.07, 6.45) is 69.9. The van der Waals surface area contributed by atoms with Gasteiger partial charge in [0.2, 0.25) is 0 Å². The lowest BCUT2D eigenvalue weighted by molar-refractivity contribution is -0.167. The summed E-state index contributed by atoms with van der Waals surface area (Å²) in [6.45, 7) is 6.66. The standard InChI is InChI=1S/C63H116O6/c1-4-7-10-13-16-19-22-25-28-31-32-33-36-38-41-44-47-50-53-56-62(65)68-59-60(69-63(66)57-54-51-48-45-42-39-35-30-27-24-21-18-15-12-9-6-3)58-67-61(64)55-52-49-46-43-40-37-34-29-26-23-20-17-14-11-8-5-2/h21,24-25,28,30,35,60H,4-20,22-23,26-27,29,31-34,36-59H2,1-3H3/b24-21-,28-25-,35-30-. The summed E-state index contributed by atoms with van der Waals surface area (Å²) < 4.78 is 16.9. The van der Waals surface area contributed by atoms with Crippen LogP contribution in [0.1, 0.15) is 329 Å². The summed E-state index contributed by atoms with van der Waals surface area (Å²) in [5.74, 6) is -0.870. The Bertz CT molecular complexity index is 1160. The van der Waals surface area contributed by atoms with E-state index < -0.39 is 6.10 Å². The fraction of sp³-hybridized carbons (Fsp3) is 0.857. The van der Waals surface area contributed by atoms with Crippen molar-refractivity contribution >= 4 is 17.9 Å². The minimum absolute atomic E-state index is 0.0745. The van der Waals surface area contributed by atoms with Gasteiger partial charge < -0.3 is 14.2 Å². The third-order valence-corrected chi connectivity index (χ3v) is 13.6. The van der Waals surface area contributed by atoms with E-state index in [4.69, 9.17) is 14.2 Å². The van der Waals surface area contributed by atoms with Gasteiger partial charge in [0, 0.05) is 19.3 Å². The minimum atomic E-state index is -0.778. The van der Waals surface area contributed by atoms with Crippen molar-refractivity contribution in [1.82, 2.24) is 0 Å². The summed E-state index contributed by atoms with van der Waals surface area (Å²) in [6, 6.07) is 0. The Hall–Kier alpha value is -2.37. The normalized spacial score (nSPS) is 12.2. The Morgan fingerprint density at radius 2 is 0.522 bits per heavy atom. The van der Waals surface area contributed by atoms with E-state index in [1.54, 1.807) is 0 Å². The van der Waals surface area contributed by atoms with Gasteiger partial charge in [0.25, 0.3) is 0 Å². The first-order valence-electron chi connectivity index (χ1n) is 30.5. The van der Waals surface area contributed by atoms with Crippen LogP contribution in [0.5, 0.6) is 0 Å². The maximum Gasteiger partial charge on any atom is 0.306 e. The molecule has 0 aromatic heterocycles. The molecule has 0 spiro atoms. The zero-order valence-electron chi connectivity index (χ0n) is 46.3. The quantitative estimate of drug-likeness (QED) is 0.0261.